The molecule has 34 heavy (non-hydrogen) atoms. The number of nitrogens with zero attached hydrogens (tertiary/aromatic N) is 5. The number of fused-ring (bicyclic) bond motifs is 1. The van der Waals surface area contributed by atoms with Crippen molar-refractivity contribution in [3.63, 3.8) is 0 Å². The number of nitro benzene ring substituents is 1. The van der Waals surface area contributed by atoms with Crippen molar-refractivity contribution in [2.75, 3.05) is 51.6 Å². The third-order valence-corrected chi connectivity index (χ3v) is 6.32. The predicted molar refractivity (Wildman–Crippen MR) is 138 cm³/mol. The lowest BCUT2D eigenvalue weighted by Crippen LogP contribution is -2.28. The monoisotopic (exact) mass is 478 g/mol. The fourth-order valence-corrected chi connectivity index (χ4v) is 4.39. The number of benzene rings is 2. The Morgan fingerprint density at radius 2 is 1.94 bits per heavy atom. The van der Waals surface area contributed by atoms with Crippen LogP contribution >= 0.6 is 11.3 Å². The maximum absolute atomic E-state index is 11.9. The van der Waals surface area contributed by atoms with Crippen LogP contribution in [0.25, 0.3) is 21.3 Å². The summed E-state index contributed by atoms with van der Waals surface area (Å²) in [7, 11) is 7.28. The molecule has 0 aliphatic carbocycles. The summed E-state index contributed by atoms with van der Waals surface area (Å²) in [6.07, 6.45) is 1.66. The highest BCUT2D eigenvalue weighted by Gasteiger charge is 2.22. The zero-order valence-corrected chi connectivity index (χ0v) is 20.3. The van der Waals surface area contributed by atoms with E-state index in [2.05, 4.69) is 38.9 Å². The Kier molecular flexibility index (Phi) is 6.90. The Morgan fingerprint density at radius 1 is 1.12 bits per heavy atom. The van der Waals surface area contributed by atoms with Crippen LogP contribution in [-0.2, 0) is 0 Å². The molecule has 176 valence electrons. The fourth-order valence-electron chi connectivity index (χ4n) is 3.56. The summed E-state index contributed by atoms with van der Waals surface area (Å²) in [6.45, 7) is 1.39. The Bertz CT molecular complexity index is 1320. The van der Waals surface area contributed by atoms with Gasteiger partial charge in [0.15, 0.2) is 0 Å². The molecule has 0 aliphatic rings. The molecule has 0 bridgehead atoms. The van der Waals surface area contributed by atoms with E-state index >= 15 is 0 Å². The van der Waals surface area contributed by atoms with E-state index in [0.717, 1.165) is 17.8 Å². The lowest BCUT2D eigenvalue weighted by molar-refractivity contribution is -0.384. The van der Waals surface area contributed by atoms with Crippen LogP contribution in [0.1, 0.15) is 0 Å². The first-order chi connectivity index (χ1) is 16.4. The first-order valence-electron chi connectivity index (χ1n) is 10.7. The summed E-state index contributed by atoms with van der Waals surface area (Å²) < 4.78 is 6.72. The molecule has 2 aromatic carbocycles. The maximum Gasteiger partial charge on any atom is 0.294 e. The normalized spacial score (nSPS) is 11.1. The highest BCUT2D eigenvalue weighted by atomic mass is 32.1. The number of aromatic nitrogens is 2. The molecular formula is C24H26N6O3S. The van der Waals surface area contributed by atoms with Gasteiger partial charge in [-0.15, -0.1) is 11.3 Å². The van der Waals surface area contributed by atoms with Crippen molar-refractivity contribution in [1.82, 2.24) is 14.9 Å². The van der Waals surface area contributed by atoms with Crippen molar-refractivity contribution >= 4 is 44.4 Å². The molecule has 2 aromatic heterocycles. The Balaban J connectivity index is 1.66. The molecule has 0 aliphatic heterocycles. The molecule has 0 fully saturated rings. The van der Waals surface area contributed by atoms with Crippen LogP contribution in [0.3, 0.4) is 0 Å². The molecule has 0 unspecified atom stereocenters. The van der Waals surface area contributed by atoms with Gasteiger partial charge >= 0.3 is 0 Å². The Hall–Kier alpha value is -3.76. The molecule has 0 atom stereocenters. The number of likely N-dealkylation sites (N-methyl/N-ethyl adjacent to an activating group) is 2. The predicted octanol–water partition coefficient (Wildman–Crippen LogP) is 5.02. The number of anilines is 3. The molecule has 2 heterocycles. The molecule has 0 saturated carbocycles. The van der Waals surface area contributed by atoms with Gasteiger partial charge < -0.3 is 19.9 Å². The fraction of sp³-hybridized carbons (Fsp3) is 0.250. The van der Waals surface area contributed by atoms with Gasteiger partial charge in [-0.1, -0.05) is 12.1 Å². The summed E-state index contributed by atoms with van der Waals surface area (Å²) in [5, 5.41) is 18.2. The van der Waals surface area contributed by atoms with Crippen LogP contribution in [0.15, 0.2) is 54.0 Å². The van der Waals surface area contributed by atoms with Crippen molar-refractivity contribution in [2.45, 2.75) is 0 Å². The van der Waals surface area contributed by atoms with Gasteiger partial charge in [0.25, 0.3) is 5.69 Å². The highest BCUT2D eigenvalue weighted by Crippen LogP contribution is 2.39. The second kappa shape index (κ2) is 10.0. The van der Waals surface area contributed by atoms with E-state index in [-0.39, 0.29) is 10.6 Å². The second-order valence-electron chi connectivity index (χ2n) is 8.09. The minimum atomic E-state index is -0.389. The second-order valence-corrected chi connectivity index (χ2v) is 9.03. The molecule has 4 aromatic rings. The first-order valence-corrected chi connectivity index (χ1v) is 11.5. The molecule has 4 rings (SSSR count). The molecule has 10 heteroatoms. The van der Waals surface area contributed by atoms with Crippen LogP contribution in [-0.4, -0.2) is 61.1 Å². The summed E-state index contributed by atoms with van der Waals surface area (Å²) >= 11 is 1.67. The van der Waals surface area contributed by atoms with Crippen LogP contribution in [0.2, 0.25) is 0 Å². The van der Waals surface area contributed by atoms with E-state index in [9.17, 15) is 10.1 Å². The van der Waals surface area contributed by atoms with E-state index in [4.69, 9.17) is 4.74 Å². The third-order valence-electron chi connectivity index (χ3n) is 5.44. The number of hydrogen-bond acceptors (Lipinski definition) is 9. The van der Waals surface area contributed by atoms with E-state index in [1.54, 1.807) is 23.6 Å². The average molecular weight is 479 g/mol. The largest absolute Gasteiger partial charge is 0.494 e. The zero-order chi connectivity index (χ0) is 24.2. The molecule has 9 nitrogen and oxygen atoms in total. The summed E-state index contributed by atoms with van der Waals surface area (Å²) in [4.78, 5) is 24.3. The lowest BCUT2D eigenvalue weighted by Gasteiger charge is -2.22. The highest BCUT2D eigenvalue weighted by molar-refractivity contribution is 7.17. The van der Waals surface area contributed by atoms with E-state index in [1.165, 1.54) is 23.3 Å². The van der Waals surface area contributed by atoms with Crippen molar-refractivity contribution in [3.05, 3.63) is 64.2 Å². The van der Waals surface area contributed by atoms with E-state index < -0.39 is 0 Å². The number of ether oxygens (including phenoxy) is 1. The SMILES string of the molecule is COc1cc(N(C)CCN(C)C)c([N+](=O)[O-])cc1Nc1nccc(-c2ccc3ccsc3c2)n1. The minimum absolute atomic E-state index is 0.0242. The van der Waals surface area contributed by atoms with Gasteiger partial charge in [-0.05, 0) is 43.1 Å². The summed E-state index contributed by atoms with van der Waals surface area (Å²) in [5.41, 5.74) is 2.60. The standard InChI is InChI=1S/C24H26N6O3S/c1-28(2)10-11-29(3)20-15-22(33-4)19(14-21(20)30(31)32)27-24-25-9-7-18(26-24)17-6-5-16-8-12-34-23(16)13-17/h5-9,12-15H,10-11H2,1-4H3,(H,25,26,27). The average Bonchev–Trinajstić information content (AvgIpc) is 3.30. The number of hydrogen-bond donors (Lipinski definition) is 1. The smallest absolute Gasteiger partial charge is 0.294 e. The number of nitro groups is 1. The van der Waals surface area contributed by atoms with Crippen molar-refractivity contribution < 1.29 is 9.66 Å². The van der Waals surface area contributed by atoms with Crippen molar-refractivity contribution in [1.29, 1.82) is 0 Å². The van der Waals surface area contributed by atoms with Crippen LogP contribution in [0.4, 0.5) is 23.0 Å². The van der Waals surface area contributed by atoms with Gasteiger partial charge in [-0.25, -0.2) is 9.97 Å². The van der Waals surface area contributed by atoms with Gasteiger partial charge in [-0.2, -0.15) is 0 Å². The van der Waals surface area contributed by atoms with Gasteiger partial charge in [0.1, 0.15) is 11.4 Å². The molecule has 1 N–H and O–H groups in total. The lowest BCUT2D eigenvalue weighted by atomic mass is 10.1. The van der Waals surface area contributed by atoms with Crippen molar-refractivity contribution in [2.24, 2.45) is 0 Å². The van der Waals surface area contributed by atoms with E-state index in [1.807, 2.05) is 43.1 Å². The summed E-state index contributed by atoms with van der Waals surface area (Å²) in [5.74, 6) is 0.788. The van der Waals surface area contributed by atoms with Crippen LogP contribution < -0.4 is 15.0 Å². The van der Waals surface area contributed by atoms with Crippen molar-refractivity contribution in [3.8, 4) is 17.0 Å². The topological polar surface area (TPSA) is 96.7 Å². The number of nitrogens with one attached hydrogen (secondary N) is 1. The Morgan fingerprint density at radius 3 is 2.68 bits per heavy atom. The zero-order valence-electron chi connectivity index (χ0n) is 19.5. The van der Waals surface area contributed by atoms with Gasteiger partial charge in [0, 0.05) is 48.7 Å². The van der Waals surface area contributed by atoms with Crippen LogP contribution in [0.5, 0.6) is 5.75 Å². The quantitative estimate of drug-likeness (QED) is 0.265. The molecule has 0 spiro atoms. The molecule has 0 amide bonds. The van der Waals surface area contributed by atoms with Gasteiger partial charge in [-0.3, -0.25) is 10.1 Å². The molecular weight excluding hydrogens is 452 g/mol. The van der Waals surface area contributed by atoms with E-state index in [0.29, 0.717) is 29.6 Å². The van der Waals surface area contributed by atoms with Crippen LogP contribution in [0, 0.1) is 10.1 Å². The van der Waals surface area contributed by atoms with Gasteiger partial charge in [0.2, 0.25) is 5.95 Å². The molecule has 0 radical (unpaired) electrons. The minimum Gasteiger partial charge on any atom is -0.494 e. The Labute approximate surface area is 201 Å². The number of thiophene rings is 1. The van der Waals surface area contributed by atoms with Gasteiger partial charge in [0.05, 0.1) is 23.4 Å². The first kappa shape index (κ1) is 23.4. The maximum atomic E-state index is 11.9. The third kappa shape index (κ3) is 5.08. The number of methoxy groups -OCH3 is 1. The molecule has 0 saturated heterocycles. The number of rotatable bonds is 9. The summed E-state index contributed by atoms with van der Waals surface area (Å²) in [6, 6.07) is 13.2.